The smallest absolute Gasteiger partial charge is 0.319 e. The third-order valence-electron chi connectivity index (χ3n) is 3.02. The van der Waals surface area contributed by atoms with Gasteiger partial charge < -0.3 is 29.6 Å². The third kappa shape index (κ3) is 5.88. The van der Waals surface area contributed by atoms with E-state index in [0.29, 0.717) is 51.0 Å². The van der Waals surface area contributed by atoms with Crippen molar-refractivity contribution >= 4 is 11.7 Å². The monoisotopic (exact) mass is 310 g/mol. The number of carbonyl (C=O) groups is 1. The Labute approximate surface area is 129 Å². The molecule has 22 heavy (non-hydrogen) atoms. The zero-order valence-electron chi connectivity index (χ0n) is 12.7. The minimum atomic E-state index is -0.289. The van der Waals surface area contributed by atoms with Crippen LogP contribution in [0.4, 0.5) is 10.5 Å². The number of amides is 2. The summed E-state index contributed by atoms with van der Waals surface area (Å²) < 4.78 is 21.1. The summed E-state index contributed by atoms with van der Waals surface area (Å²) in [6.45, 7) is 3.07. The lowest BCUT2D eigenvalue weighted by Gasteiger charge is -2.23. The van der Waals surface area contributed by atoms with Gasteiger partial charge in [-0.1, -0.05) is 6.07 Å². The second-order valence-electron chi connectivity index (χ2n) is 4.77. The lowest BCUT2D eigenvalue weighted by Crippen LogP contribution is -2.41. The van der Waals surface area contributed by atoms with Crippen LogP contribution in [0.2, 0.25) is 0 Å². The fourth-order valence-electron chi connectivity index (χ4n) is 1.94. The molecule has 2 rings (SSSR count). The Balaban J connectivity index is 1.74. The molecule has 1 fully saturated rings. The zero-order chi connectivity index (χ0) is 15.6. The van der Waals surface area contributed by atoms with Gasteiger partial charge in [0.25, 0.3) is 0 Å². The molecule has 122 valence electrons. The van der Waals surface area contributed by atoms with E-state index in [-0.39, 0.29) is 12.1 Å². The highest BCUT2D eigenvalue weighted by Crippen LogP contribution is 2.17. The number of benzene rings is 1. The van der Waals surface area contributed by atoms with Crippen molar-refractivity contribution in [2.45, 2.75) is 6.10 Å². The molecule has 2 N–H and O–H groups in total. The Hall–Kier alpha value is -1.83. The Morgan fingerprint density at radius 2 is 2.27 bits per heavy atom. The Morgan fingerprint density at radius 3 is 3.05 bits per heavy atom. The first-order valence-corrected chi connectivity index (χ1v) is 7.24. The van der Waals surface area contributed by atoms with Crippen molar-refractivity contribution in [3.8, 4) is 5.75 Å². The van der Waals surface area contributed by atoms with Gasteiger partial charge in [0.15, 0.2) is 0 Å². The van der Waals surface area contributed by atoms with E-state index in [1.807, 2.05) is 12.1 Å². The van der Waals surface area contributed by atoms with Gasteiger partial charge in [-0.25, -0.2) is 4.79 Å². The molecule has 1 aliphatic rings. The summed E-state index contributed by atoms with van der Waals surface area (Å²) in [4.78, 5) is 11.8. The van der Waals surface area contributed by atoms with Crippen molar-refractivity contribution in [1.82, 2.24) is 5.32 Å². The molecule has 0 saturated carbocycles. The quantitative estimate of drug-likeness (QED) is 0.741. The highest BCUT2D eigenvalue weighted by molar-refractivity contribution is 5.89. The molecule has 0 radical (unpaired) electrons. The second kappa shape index (κ2) is 9.24. The van der Waals surface area contributed by atoms with Gasteiger partial charge in [-0.2, -0.15) is 0 Å². The standard InChI is InChI=1S/C15H22N2O5/c1-19-5-7-21-13-4-2-3-12(9-13)17-15(18)16-10-14-11-20-6-8-22-14/h2-4,9,14H,5-8,10-11H2,1H3,(H2,16,17,18). The summed E-state index contributed by atoms with van der Waals surface area (Å²) in [5, 5.41) is 5.51. The number of rotatable bonds is 7. The summed E-state index contributed by atoms with van der Waals surface area (Å²) in [6.07, 6.45) is -0.0942. The zero-order valence-corrected chi connectivity index (χ0v) is 12.7. The molecule has 1 aliphatic heterocycles. The molecule has 7 nitrogen and oxygen atoms in total. The first-order chi connectivity index (χ1) is 10.8. The lowest BCUT2D eigenvalue weighted by atomic mass is 10.3. The van der Waals surface area contributed by atoms with Crippen LogP contribution in [0.25, 0.3) is 0 Å². The van der Waals surface area contributed by atoms with Crippen molar-refractivity contribution in [2.75, 3.05) is 52.0 Å². The minimum Gasteiger partial charge on any atom is -0.491 e. The van der Waals surface area contributed by atoms with E-state index in [4.69, 9.17) is 18.9 Å². The molecule has 1 saturated heterocycles. The number of hydrogen-bond donors (Lipinski definition) is 2. The molecule has 7 heteroatoms. The first kappa shape index (κ1) is 16.5. The van der Waals surface area contributed by atoms with Crippen molar-refractivity contribution in [2.24, 2.45) is 0 Å². The first-order valence-electron chi connectivity index (χ1n) is 7.24. The van der Waals surface area contributed by atoms with Crippen LogP contribution >= 0.6 is 0 Å². The van der Waals surface area contributed by atoms with Gasteiger partial charge in [-0.05, 0) is 12.1 Å². The fraction of sp³-hybridized carbons (Fsp3) is 0.533. The fourth-order valence-corrected chi connectivity index (χ4v) is 1.94. The van der Waals surface area contributed by atoms with E-state index in [0.717, 1.165) is 0 Å². The molecule has 1 unspecified atom stereocenters. The van der Waals surface area contributed by atoms with Gasteiger partial charge in [0, 0.05) is 25.4 Å². The maximum atomic E-state index is 11.8. The van der Waals surface area contributed by atoms with Crippen LogP contribution in [0.3, 0.4) is 0 Å². The molecule has 1 aromatic carbocycles. The van der Waals surface area contributed by atoms with E-state index < -0.39 is 0 Å². The van der Waals surface area contributed by atoms with Crippen LogP contribution in [0.5, 0.6) is 5.75 Å². The van der Waals surface area contributed by atoms with Crippen LogP contribution in [-0.2, 0) is 14.2 Å². The largest absolute Gasteiger partial charge is 0.491 e. The molecule has 1 heterocycles. The average molecular weight is 310 g/mol. The van der Waals surface area contributed by atoms with Crippen LogP contribution < -0.4 is 15.4 Å². The van der Waals surface area contributed by atoms with Crippen molar-refractivity contribution in [1.29, 1.82) is 0 Å². The normalized spacial score (nSPS) is 17.8. The van der Waals surface area contributed by atoms with E-state index in [9.17, 15) is 4.79 Å². The lowest BCUT2D eigenvalue weighted by molar-refractivity contribution is -0.0852. The number of methoxy groups -OCH3 is 1. The molecule has 0 aromatic heterocycles. The molecular weight excluding hydrogens is 288 g/mol. The number of hydrogen-bond acceptors (Lipinski definition) is 5. The van der Waals surface area contributed by atoms with Gasteiger partial charge in [-0.15, -0.1) is 0 Å². The summed E-state index contributed by atoms with van der Waals surface area (Å²) >= 11 is 0. The Kier molecular flexibility index (Phi) is 6.95. The molecule has 1 aromatic rings. The van der Waals surface area contributed by atoms with Gasteiger partial charge in [-0.3, -0.25) is 0 Å². The number of ether oxygens (including phenoxy) is 4. The average Bonchev–Trinajstić information content (AvgIpc) is 2.55. The summed E-state index contributed by atoms with van der Waals surface area (Å²) in [7, 11) is 1.62. The van der Waals surface area contributed by atoms with E-state index in [1.165, 1.54) is 0 Å². The van der Waals surface area contributed by atoms with E-state index in [2.05, 4.69) is 10.6 Å². The van der Waals surface area contributed by atoms with Crippen LogP contribution in [0.1, 0.15) is 0 Å². The minimum absolute atomic E-state index is 0.0942. The maximum absolute atomic E-state index is 11.8. The number of anilines is 1. The van der Waals surface area contributed by atoms with Crippen LogP contribution in [0, 0.1) is 0 Å². The number of nitrogens with one attached hydrogen (secondary N) is 2. The molecule has 2 amide bonds. The highest BCUT2D eigenvalue weighted by atomic mass is 16.6. The summed E-state index contributed by atoms with van der Waals surface area (Å²) in [5.74, 6) is 0.680. The molecule has 0 bridgehead atoms. The molecule has 0 aliphatic carbocycles. The topological polar surface area (TPSA) is 78.1 Å². The van der Waals surface area contributed by atoms with Crippen molar-refractivity contribution in [3.63, 3.8) is 0 Å². The second-order valence-corrected chi connectivity index (χ2v) is 4.77. The Morgan fingerprint density at radius 1 is 1.36 bits per heavy atom. The van der Waals surface area contributed by atoms with Crippen LogP contribution in [-0.4, -0.2) is 58.8 Å². The SMILES string of the molecule is COCCOc1cccc(NC(=O)NCC2COCCO2)c1. The number of carbonyl (C=O) groups excluding carboxylic acids is 1. The van der Waals surface area contributed by atoms with Gasteiger partial charge in [0.1, 0.15) is 12.4 Å². The molecular formula is C15H22N2O5. The number of urea groups is 1. The summed E-state index contributed by atoms with van der Waals surface area (Å²) in [6, 6.07) is 6.91. The maximum Gasteiger partial charge on any atom is 0.319 e. The van der Waals surface area contributed by atoms with Gasteiger partial charge >= 0.3 is 6.03 Å². The van der Waals surface area contributed by atoms with E-state index in [1.54, 1.807) is 19.2 Å². The summed E-state index contributed by atoms with van der Waals surface area (Å²) in [5.41, 5.74) is 0.660. The van der Waals surface area contributed by atoms with Gasteiger partial charge in [0.05, 0.1) is 32.5 Å². The highest BCUT2D eigenvalue weighted by Gasteiger charge is 2.15. The predicted molar refractivity (Wildman–Crippen MR) is 81.4 cm³/mol. The van der Waals surface area contributed by atoms with E-state index >= 15 is 0 Å². The molecule has 1 atom stereocenters. The third-order valence-corrected chi connectivity index (χ3v) is 3.02. The van der Waals surface area contributed by atoms with Gasteiger partial charge in [0.2, 0.25) is 0 Å². The predicted octanol–water partition coefficient (Wildman–Crippen LogP) is 1.25. The van der Waals surface area contributed by atoms with Crippen molar-refractivity contribution in [3.05, 3.63) is 24.3 Å². The Bertz CT molecular complexity index is 463. The van der Waals surface area contributed by atoms with Crippen LogP contribution in [0.15, 0.2) is 24.3 Å². The molecule has 0 spiro atoms. The van der Waals surface area contributed by atoms with Crippen molar-refractivity contribution < 1.29 is 23.7 Å².